The van der Waals surface area contributed by atoms with Crippen LogP contribution in [0.15, 0.2) is 0 Å². The number of hydrogen-bond donors (Lipinski definition) is 1. The number of ether oxygens (including phenoxy) is 1. The molecule has 2 aliphatic rings. The number of piperidine rings is 2. The molecule has 1 atom stereocenters. The first-order chi connectivity index (χ1) is 10.1. The van der Waals surface area contributed by atoms with Gasteiger partial charge >= 0.3 is 0 Å². The molecule has 0 radical (unpaired) electrons. The van der Waals surface area contributed by atoms with Crippen LogP contribution in [-0.4, -0.2) is 67.6 Å². The summed E-state index contributed by atoms with van der Waals surface area (Å²) >= 11 is 0. The molecule has 0 bridgehead atoms. The predicted octanol–water partition coefficient (Wildman–Crippen LogP) is 0.633. The number of methoxy groups -OCH3 is 1. The minimum absolute atomic E-state index is 0. The highest BCUT2D eigenvalue weighted by atomic mass is 35.5. The van der Waals surface area contributed by atoms with E-state index in [-0.39, 0.29) is 24.9 Å². The van der Waals surface area contributed by atoms with Crippen molar-refractivity contribution in [1.29, 1.82) is 0 Å². The summed E-state index contributed by atoms with van der Waals surface area (Å²) in [4.78, 5) is 27.8. The van der Waals surface area contributed by atoms with Crippen molar-refractivity contribution in [2.75, 3.05) is 39.9 Å². The van der Waals surface area contributed by atoms with Gasteiger partial charge in [0.1, 0.15) is 6.04 Å². The van der Waals surface area contributed by atoms with Gasteiger partial charge in [-0.05, 0) is 31.6 Å². The van der Waals surface area contributed by atoms with Gasteiger partial charge in [0, 0.05) is 39.7 Å². The molecule has 2 fully saturated rings. The molecule has 22 heavy (non-hydrogen) atoms. The van der Waals surface area contributed by atoms with E-state index in [4.69, 9.17) is 10.5 Å². The maximum absolute atomic E-state index is 12.1. The molecule has 0 aromatic carbocycles. The van der Waals surface area contributed by atoms with E-state index < -0.39 is 6.04 Å². The second kappa shape index (κ2) is 9.33. The molecule has 1 unspecified atom stereocenters. The molecule has 0 saturated carbocycles. The number of hydrogen-bond acceptors (Lipinski definition) is 4. The Morgan fingerprint density at radius 1 is 1.32 bits per heavy atom. The second-order valence-electron chi connectivity index (χ2n) is 6.13. The zero-order valence-corrected chi connectivity index (χ0v) is 14.1. The monoisotopic (exact) mass is 333 g/mol. The fraction of sp³-hybridized carbons (Fsp3) is 0.867. The molecule has 2 aliphatic heterocycles. The zero-order chi connectivity index (χ0) is 15.2. The van der Waals surface area contributed by atoms with Gasteiger partial charge in [0.05, 0.1) is 6.61 Å². The zero-order valence-electron chi connectivity index (χ0n) is 13.3. The topological polar surface area (TPSA) is 75.9 Å². The molecule has 0 aliphatic carbocycles. The number of nitrogens with two attached hydrogens (primary N) is 1. The highest BCUT2D eigenvalue weighted by Crippen LogP contribution is 2.21. The van der Waals surface area contributed by atoms with E-state index in [1.54, 1.807) is 7.11 Å². The van der Waals surface area contributed by atoms with Gasteiger partial charge in [0.25, 0.3) is 0 Å². The van der Waals surface area contributed by atoms with Crippen LogP contribution >= 0.6 is 12.4 Å². The summed E-state index contributed by atoms with van der Waals surface area (Å²) in [5, 5.41) is 0. The van der Waals surface area contributed by atoms with Gasteiger partial charge in [0.2, 0.25) is 11.8 Å². The Bertz CT molecular complexity index is 373. The summed E-state index contributed by atoms with van der Waals surface area (Å²) in [5.74, 6) is 0.779. The van der Waals surface area contributed by atoms with Crippen molar-refractivity contribution in [2.45, 2.75) is 38.1 Å². The van der Waals surface area contributed by atoms with Crippen molar-refractivity contribution in [2.24, 2.45) is 11.7 Å². The minimum Gasteiger partial charge on any atom is -0.383 e. The molecule has 2 N–H and O–H groups in total. The van der Waals surface area contributed by atoms with E-state index >= 15 is 0 Å². The summed E-state index contributed by atoms with van der Waals surface area (Å²) < 4.78 is 4.93. The lowest BCUT2D eigenvalue weighted by Gasteiger charge is -2.36. The number of carbonyl (C=O) groups is 2. The lowest BCUT2D eigenvalue weighted by molar-refractivity contribution is -0.137. The summed E-state index contributed by atoms with van der Waals surface area (Å²) in [7, 11) is 1.55. The van der Waals surface area contributed by atoms with Crippen molar-refractivity contribution in [1.82, 2.24) is 9.80 Å². The molecule has 128 valence electrons. The SMILES string of the molecule is COCC(N)C(=O)N1CCC(CN2CCCCC2=O)CC1.Cl. The van der Waals surface area contributed by atoms with Gasteiger partial charge in [-0.1, -0.05) is 0 Å². The molecule has 2 heterocycles. The number of amides is 2. The number of likely N-dealkylation sites (tertiary alicyclic amines) is 2. The second-order valence-corrected chi connectivity index (χ2v) is 6.13. The largest absolute Gasteiger partial charge is 0.383 e. The van der Waals surface area contributed by atoms with Gasteiger partial charge < -0.3 is 20.3 Å². The minimum atomic E-state index is -0.560. The Morgan fingerprint density at radius 2 is 2.00 bits per heavy atom. The van der Waals surface area contributed by atoms with Crippen molar-refractivity contribution in [3.8, 4) is 0 Å². The van der Waals surface area contributed by atoms with Crippen LogP contribution in [0.2, 0.25) is 0 Å². The van der Waals surface area contributed by atoms with Crippen LogP contribution < -0.4 is 5.73 Å². The summed E-state index contributed by atoms with van der Waals surface area (Å²) in [6.45, 7) is 3.49. The van der Waals surface area contributed by atoms with Gasteiger partial charge in [-0.3, -0.25) is 9.59 Å². The number of rotatable bonds is 5. The molecule has 0 aromatic heterocycles. The molecule has 2 amide bonds. The third-order valence-electron chi connectivity index (χ3n) is 4.49. The smallest absolute Gasteiger partial charge is 0.241 e. The summed E-state index contributed by atoms with van der Waals surface area (Å²) in [5.41, 5.74) is 5.79. The Balaban J connectivity index is 0.00000242. The normalized spacial score (nSPS) is 21.5. The Hall–Kier alpha value is -0.850. The van der Waals surface area contributed by atoms with E-state index in [1.165, 1.54) is 0 Å². The van der Waals surface area contributed by atoms with E-state index in [0.717, 1.165) is 51.9 Å². The Labute approximate surface area is 138 Å². The molecule has 7 heteroatoms. The van der Waals surface area contributed by atoms with Gasteiger partial charge in [-0.15, -0.1) is 12.4 Å². The van der Waals surface area contributed by atoms with E-state index in [2.05, 4.69) is 0 Å². The lowest BCUT2D eigenvalue weighted by atomic mass is 9.95. The van der Waals surface area contributed by atoms with Crippen LogP contribution in [0.25, 0.3) is 0 Å². The van der Waals surface area contributed by atoms with Crippen LogP contribution in [0.1, 0.15) is 32.1 Å². The fourth-order valence-corrected chi connectivity index (χ4v) is 3.19. The molecule has 2 rings (SSSR count). The van der Waals surface area contributed by atoms with Crippen molar-refractivity contribution >= 4 is 24.2 Å². The van der Waals surface area contributed by atoms with Crippen LogP contribution in [0.4, 0.5) is 0 Å². The molecule has 0 aromatic rings. The number of carbonyl (C=O) groups excluding carboxylic acids is 2. The van der Waals surface area contributed by atoms with Gasteiger partial charge in [0.15, 0.2) is 0 Å². The number of nitrogens with zero attached hydrogens (tertiary/aromatic N) is 2. The van der Waals surface area contributed by atoms with Crippen LogP contribution in [0, 0.1) is 5.92 Å². The Morgan fingerprint density at radius 3 is 2.59 bits per heavy atom. The van der Waals surface area contributed by atoms with Crippen LogP contribution in [-0.2, 0) is 14.3 Å². The lowest BCUT2D eigenvalue weighted by Crippen LogP contribution is -2.50. The maximum Gasteiger partial charge on any atom is 0.241 e. The first-order valence-corrected chi connectivity index (χ1v) is 7.93. The Kier molecular flexibility index (Phi) is 8.14. The maximum atomic E-state index is 12.1. The van der Waals surface area contributed by atoms with Gasteiger partial charge in [-0.25, -0.2) is 0 Å². The number of halogens is 1. The average molecular weight is 334 g/mol. The van der Waals surface area contributed by atoms with E-state index in [0.29, 0.717) is 18.2 Å². The average Bonchev–Trinajstić information content (AvgIpc) is 2.50. The molecule has 6 nitrogen and oxygen atoms in total. The van der Waals surface area contributed by atoms with Crippen molar-refractivity contribution in [3.05, 3.63) is 0 Å². The van der Waals surface area contributed by atoms with Crippen LogP contribution in [0.3, 0.4) is 0 Å². The first kappa shape index (κ1) is 19.2. The molecular formula is C15H28ClN3O3. The molecule has 0 spiro atoms. The fourth-order valence-electron chi connectivity index (χ4n) is 3.19. The summed E-state index contributed by atoms with van der Waals surface area (Å²) in [6.07, 6.45) is 4.75. The van der Waals surface area contributed by atoms with Crippen molar-refractivity contribution < 1.29 is 14.3 Å². The highest BCUT2D eigenvalue weighted by molar-refractivity contribution is 5.85. The van der Waals surface area contributed by atoms with E-state index in [9.17, 15) is 9.59 Å². The first-order valence-electron chi connectivity index (χ1n) is 7.93. The quantitative estimate of drug-likeness (QED) is 0.800. The third kappa shape index (κ3) is 5.11. The predicted molar refractivity (Wildman–Crippen MR) is 86.8 cm³/mol. The third-order valence-corrected chi connectivity index (χ3v) is 4.49. The molecule has 2 saturated heterocycles. The van der Waals surface area contributed by atoms with E-state index in [1.807, 2.05) is 9.80 Å². The molecular weight excluding hydrogens is 306 g/mol. The van der Waals surface area contributed by atoms with Crippen molar-refractivity contribution in [3.63, 3.8) is 0 Å². The van der Waals surface area contributed by atoms with Gasteiger partial charge in [-0.2, -0.15) is 0 Å². The standard InChI is InChI=1S/C15H27N3O3.ClH/c1-21-11-13(16)15(20)17-8-5-12(6-9-17)10-18-7-3-2-4-14(18)19;/h12-13H,2-11,16H2,1H3;1H. The summed E-state index contributed by atoms with van der Waals surface area (Å²) in [6, 6.07) is -0.560. The highest BCUT2D eigenvalue weighted by Gasteiger charge is 2.28. The van der Waals surface area contributed by atoms with Crippen LogP contribution in [0.5, 0.6) is 0 Å².